The molecule has 0 aromatic heterocycles. The van der Waals surface area contributed by atoms with E-state index in [1.165, 1.54) is 19.3 Å². The smallest absolute Gasteiger partial charge is 0.133 e. The van der Waals surface area contributed by atoms with Gasteiger partial charge in [-0.15, -0.1) is 0 Å². The molecule has 0 aromatic rings. The Labute approximate surface area is 82.3 Å². The highest BCUT2D eigenvalue weighted by Crippen LogP contribution is 2.06. The Morgan fingerprint density at radius 1 is 1.31 bits per heavy atom. The Balaban J connectivity index is 3.32. The summed E-state index contributed by atoms with van der Waals surface area (Å²) in [5.41, 5.74) is 0. The first-order chi connectivity index (χ1) is 6.20. The molecular formula is C11H23NO. The number of carbonyl (C=O) groups is 1. The largest absolute Gasteiger partial charge is 0.302 e. The zero-order chi connectivity index (χ0) is 10.1. The van der Waals surface area contributed by atoms with E-state index in [2.05, 4.69) is 25.7 Å². The number of hydrogen-bond donors (Lipinski definition) is 0. The van der Waals surface area contributed by atoms with Crippen molar-refractivity contribution in [3.05, 3.63) is 0 Å². The molecular weight excluding hydrogens is 162 g/mol. The molecule has 0 rings (SSSR count). The Kier molecular flexibility index (Phi) is 8.00. The summed E-state index contributed by atoms with van der Waals surface area (Å²) in [6.07, 6.45) is 4.80. The van der Waals surface area contributed by atoms with Crippen molar-refractivity contribution in [1.29, 1.82) is 0 Å². The van der Waals surface area contributed by atoms with Gasteiger partial charge in [0.2, 0.25) is 0 Å². The van der Waals surface area contributed by atoms with Crippen molar-refractivity contribution in [3.63, 3.8) is 0 Å². The predicted molar refractivity (Wildman–Crippen MR) is 56.9 cm³/mol. The SMILES string of the molecule is CCN(CC=O)CCCCC(C)C. The number of likely N-dealkylation sites (N-methyl/N-ethyl adjacent to an activating group) is 1. The summed E-state index contributed by atoms with van der Waals surface area (Å²) in [5, 5.41) is 0. The minimum atomic E-state index is 0.595. The molecule has 0 aliphatic heterocycles. The molecule has 13 heavy (non-hydrogen) atoms. The highest BCUT2D eigenvalue weighted by molar-refractivity contribution is 5.51. The van der Waals surface area contributed by atoms with Crippen LogP contribution in [0.5, 0.6) is 0 Å². The Morgan fingerprint density at radius 3 is 2.46 bits per heavy atom. The molecule has 0 aliphatic rings. The molecule has 0 saturated heterocycles. The number of nitrogens with zero attached hydrogens (tertiary/aromatic N) is 1. The van der Waals surface area contributed by atoms with Crippen LogP contribution in [0.2, 0.25) is 0 Å². The van der Waals surface area contributed by atoms with E-state index in [9.17, 15) is 4.79 Å². The lowest BCUT2D eigenvalue weighted by atomic mass is 10.1. The molecule has 0 radical (unpaired) electrons. The van der Waals surface area contributed by atoms with Crippen LogP contribution in [-0.2, 0) is 4.79 Å². The van der Waals surface area contributed by atoms with Crippen molar-refractivity contribution in [3.8, 4) is 0 Å². The van der Waals surface area contributed by atoms with E-state index in [-0.39, 0.29) is 0 Å². The molecule has 0 fully saturated rings. The van der Waals surface area contributed by atoms with E-state index in [1.54, 1.807) is 0 Å². The first-order valence-corrected chi connectivity index (χ1v) is 5.36. The third-order valence-electron chi connectivity index (χ3n) is 2.29. The van der Waals surface area contributed by atoms with Crippen molar-refractivity contribution in [2.24, 2.45) is 5.92 Å². The zero-order valence-corrected chi connectivity index (χ0v) is 9.25. The van der Waals surface area contributed by atoms with Crippen LogP contribution in [0.4, 0.5) is 0 Å². The quantitative estimate of drug-likeness (QED) is 0.427. The summed E-state index contributed by atoms with van der Waals surface area (Å²) in [5.74, 6) is 0.807. The monoisotopic (exact) mass is 185 g/mol. The van der Waals surface area contributed by atoms with Gasteiger partial charge in [0.25, 0.3) is 0 Å². The maximum absolute atomic E-state index is 10.3. The predicted octanol–water partition coefficient (Wildman–Crippen LogP) is 2.33. The first kappa shape index (κ1) is 12.6. The molecule has 0 amide bonds. The number of rotatable bonds is 8. The van der Waals surface area contributed by atoms with Gasteiger partial charge in [-0.05, 0) is 25.4 Å². The van der Waals surface area contributed by atoms with E-state index in [4.69, 9.17) is 0 Å². The summed E-state index contributed by atoms with van der Waals surface area (Å²) < 4.78 is 0. The second kappa shape index (κ2) is 8.24. The van der Waals surface area contributed by atoms with Crippen LogP contribution in [0.3, 0.4) is 0 Å². The van der Waals surface area contributed by atoms with Gasteiger partial charge < -0.3 is 4.79 Å². The molecule has 78 valence electrons. The van der Waals surface area contributed by atoms with E-state index in [0.29, 0.717) is 6.54 Å². The normalized spacial score (nSPS) is 11.2. The van der Waals surface area contributed by atoms with E-state index in [0.717, 1.165) is 25.3 Å². The molecule has 0 aromatic carbocycles. The molecule has 2 nitrogen and oxygen atoms in total. The van der Waals surface area contributed by atoms with Gasteiger partial charge in [0.05, 0.1) is 6.54 Å². The zero-order valence-electron chi connectivity index (χ0n) is 9.25. The second-order valence-corrected chi connectivity index (χ2v) is 3.95. The van der Waals surface area contributed by atoms with E-state index < -0.39 is 0 Å². The third-order valence-corrected chi connectivity index (χ3v) is 2.29. The second-order valence-electron chi connectivity index (χ2n) is 3.95. The first-order valence-electron chi connectivity index (χ1n) is 5.36. The van der Waals surface area contributed by atoms with Crippen molar-refractivity contribution < 1.29 is 4.79 Å². The molecule has 0 saturated carbocycles. The van der Waals surface area contributed by atoms with E-state index in [1.807, 2.05) is 0 Å². The number of aldehydes is 1. The standard InChI is InChI=1S/C11H23NO/c1-4-12(9-10-13)8-6-5-7-11(2)3/h10-11H,4-9H2,1-3H3. The van der Waals surface area contributed by atoms with Crippen molar-refractivity contribution in [1.82, 2.24) is 4.90 Å². The average molecular weight is 185 g/mol. The van der Waals surface area contributed by atoms with E-state index >= 15 is 0 Å². The van der Waals surface area contributed by atoms with Crippen LogP contribution in [0.15, 0.2) is 0 Å². The fraction of sp³-hybridized carbons (Fsp3) is 0.909. The Morgan fingerprint density at radius 2 is 2.00 bits per heavy atom. The number of carbonyl (C=O) groups excluding carboxylic acids is 1. The maximum Gasteiger partial charge on any atom is 0.133 e. The highest BCUT2D eigenvalue weighted by Gasteiger charge is 2.00. The van der Waals surface area contributed by atoms with Gasteiger partial charge in [-0.2, -0.15) is 0 Å². The van der Waals surface area contributed by atoms with Crippen molar-refractivity contribution in [2.45, 2.75) is 40.0 Å². The summed E-state index contributed by atoms with van der Waals surface area (Å²) in [4.78, 5) is 12.5. The van der Waals surface area contributed by atoms with Crippen LogP contribution in [0.1, 0.15) is 40.0 Å². The molecule has 0 unspecified atom stereocenters. The molecule has 0 spiro atoms. The van der Waals surface area contributed by atoms with Crippen LogP contribution in [-0.4, -0.2) is 30.8 Å². The van der Waals surface area contributed by atoms with Gasteiger partial charge in [-0.1, -0.05) is 33.6 Å². The van der Waals surface area contributed by atoms with Gasteiger partial charge in [-0.3, -0.25) is 4.90 Å². The number of unbranched alkanes of at least 4 members (excludes halogenated alkanes) is 1. The molecule has 0 aliphatic carbocycles. The van der Waals surface area contributed by atoms with Gasteiger partial charge in [-0.25, -0.2) is 0 Å². The topological polar surface area (TPSA) is 20.3 Å². The third kappa shape index (κ3) is 7.97. The molecule has 2 heteroatoms. The van der Waals surface area contributed by atoms with Crippen LogP contribution >= 0.6 is 0 Å². The fourth-order valence-corrected chi connectivity index (χ4v) is 1.37. The molecule has 0 N–H and O–H groups in total. The van der Waals surface area contributed by atoms with Crippen molar-refractivity contribution in [2.75, 3.05) is 19.6 Å². The van der Waals surface area contributed by atoms with Gasteiger partial charge >= 0.3 is 0 Å². The van der Waals surface area contributed by atoms with Crippen LogP contribution in [0, 0.1) is 5.92 Å². The minimum Gasteiger partial charge on any atom is -0.302 e. The maximum atomic E-state index is 10.3. The van der Waals surface area contributed by atoms with Gasteiger partial charge in [0.15, 0.2) is 0 Å². The highest BCUT2D eigenvalue weighted by atomic mass is 16.1. The Bertz CT molecular complexity index is 123. The molecule has 0 bridgehead atoms. The van der Waals surface area contributed by atoms with Crippen LogP contribution in [0.25, 0.3) is 0 Å². The lowest BCUT2D eigenvalue weighted by Crippen LogP contribution is -2.26. The van der Waals surface area contributed by atoms with Crippen LogP contribution < -0.4 is 0 Å². The molecule has 0 heterocycles. The number of hydrogen-bond acceptors (Lipinski definition) is 2. The van der Waals surface area contributed by atoms with Gasteiger partial charge in [0.1, 0.15) is 6.29 Å². The molecule has 0 atom stereocenters. The lowest BCUT2D eigenvalue weighted by molar-refractivity contribution is -0.108. The van der Waals surface area contributed by atoms with Gasteiger partial charge in [0, 0.05) is 0 Å². The van der Waals surface area contributed by atoms with Crippen molar-refractivity contribution >= 4 is 6.29 Å². The average Bonchev–Trinajstić information content (AvgIpc) is 2.10. The summed E-state index contributed by atoms with van der Waals surface area (Å²) >= 11 is 0. The minimum absolute atomic E-state index is 0.595. The summed E-state index contributed by atoms with van der Waals surface area (Å²) in [6.45, 7) is 9.26. The summed E-state index contributed by atoms with van der Waals surface area (Å²) in [7, 11) is 0. The fourth-order valence-electron chi connectivity index (χ4n) is 1.37. The lowest BCUT2D eigenvalue weighted by Gasteiger charge is -2.16. The Hall–Kier alpha value is -0.370. The summed E-state index contributed by atoms with van der Waals surface area (Å²) in [6, 6.07) is 0.